The Morgan fingerprint density at radius 2 is 1.91 bits per heavy atom. The smallest absolute Gasteiger partial charge is 0.241 e. The molecule has 1 saturated heterocycles. The molecule has 4 rings (SSSR count). The van der Waals surface area contributed by atoms with Gasteiger partial charge in [-0.2, -0.15) is 0 Å². The Morgan fingerprint density at radius 1 is 1.09 bits per heavy atom. The standard InChI is InChI=1S/C18H17N3O2/c22-17-11-5-1-2-7-13(11)20-16-12(17)6-3-8-14(16)21-18(23)15-9-4-10-19-15/h1-3,5-8,15,19H,4,9-10H2,(H,20,22)(H,21,23)/t15-/m0/s1. The maximum absolute atomic E-state index is 12.6. The largest absolute Gasteiger partial charge is 0.353 e. The zero-order chi connectivity index (χ0) is 15.8. The fraction of sp³-hybridized carbons (Fsp3) is 0.222. The van der Waals surface area contributed by atoms with E-state index in [9.17, 15) is 9.59 Å². The molecular weight excluding hydrogens is 290 g/mol. The molecule has 2 aromatic carbocycles. The van der Waals surface area contributed by atoms with Crippen molar-refractivity contribution in [2.75, 3.05) is 11.9 Å². The van der Waals surface area contributed by atoms with Crippen LogP contribution in [0, 0.1) is 0 Å². The molecule has 1 fully saturated rings. The molecule has 116 valence electrons. The number of para-hydroxylation sites is 2. The number of carbonyl (C=O) groups excluding carboxylic acids is 1. The fourth-order valence-electron chi connectivity index (χ4n) is 3.18. The summed E-state index contributed by atoms with van der Waals surface area (Å²) >= 11 is 0. The van der Waals surface area contributed by atoms with Crippen LogP contribution in [0.5, 0.6) is 0 Å². The highest BCUT2D eigenvalue weighted by atomic mass is 16.2. The first-order valence-corrected chi connectivity index (χ1v) is 7.82. The van der Waals surface area contributed by atoms with E-state index in [-0.39, 0.29) is 17.4 Å². The van der Waals surface area contributed by atoms with Gasteiger partial charge in [0.1, 0.15) is 0 Å². The van der Waals surface area contributed by atoms with Gasteiger partial charge in [0, 0.05) is 16.3 Å². The molecule has 1 amide bonds. The van der Waals surface area contributed by atoms with Gasteiger partial charge < -0.3 is 15.6 Å². The Labute approximate surface area is 132 Å². The highest BCUT2D eigenvalue weighted by Gasteiger charge is 2.22. The third kappa shape index (κ3) is 2.39. The van der Waals surface area contributed by atoms with Crippen LogP contribution in [-0.2, 0) is 4.79 Å². The van der Waals surface area contributed by atoms with E-state index < -0.39 is 0 Å². The van der Waals surface area contributed by atoms with Gasteiger partial charge in [0.2, 0.25) is 5.91 Å². The second-order valence-electron chi connectivity index (χ2n) is 5.87. The van der Waals surface area contributed by atoms with E-state index in [0.717, 1.165) is 24.9 Å². The lowest BCUT2D eigenvalue weighted by atomic mass is 10.1. The minimum absolute atomic E-state index is 0.0237. The van der Waals surface area contributed by atoms with Crippen LogP contribution in [-0.4, -0.2) is 23.5 Å². The first kappa shape index (κ1) is 14.0. The van der Waals surface area contributed by atoms with Gasteiger partial charge in [-0.3, -0.25) is 9.59 Å². The predicted molar refractivity (Wildman–Crippen MR) is 91.7 cm³/mol. The van der Waals surface area contributed by atoms with E-state index in [1.165, 1.54) is 0 Å². The molecule has 1 atom stereocenters. The van der Waals surface area contributed by atoms with Crippen LogP contribution < -0.4 is 16.1 Å². The van der Waals surface area contributed by atoms with Crippen LogP contribution in [0.1, 0.15) is 12.8 Å². The Morgan fingerprint density at radius 3 is 2.74 bits per heavy atom. The van der Waals surface area contributed by atoms with Crippen molar-refractivity contribution in [3.63, 3.8) is 0 Å². The number of benzene rings is 2. The van der Waals surface area contributed by atoms with Gasteiger partial charge in [-0.1, -0.05) is 18.2 Å². The Bertz CT molecular complexity index is 955. The summed E-state index contributed by atoms with van der Waals surface area (Å²) in [6.07, 6.45) is 1.85. The first-order chi connectivity index (χ1) is 11.2. The topological polar surface area (TPSA) is 74.0 Å². The monoisotopic (exact) mass is 307 g/mol. The molecule has 0 bridgehead atoms. The van der Waals surface area contributed by atoms with Crippen molar-refractivity contribution < 1.29 is 4.79 Å². The summed E-state index contributed by atoms with van der Waals surface area (Å²) in [7, 11) is 0. The van der Waals surface area contributed by atoms with Gasteiger partial charge >= 0.3 is 0 Å². The van der Waals surface area contributed by atoms with Crippen LogP contribution >= 0.6 is 0 Å². The van der Waals surface area contributed by atoms with Crippen molar-refractivity contribution in [1.82, 2.24) is 10.3 Å². The highest BCUT2D eigenvalue weighted by Crippen LogP contribution is 2.22. The first-order valence-electron chi connectivity index (χ1n) is 7.82. The Balaban J connectivity index is 1.83. The SMILES string of the molecule is O=C(Nc1cccc2c(=O)c3ccccc3[nH]c12)[C@@H]1CCCN1. The molecular formula is C18H17N3O2. The third-order valence-electron chi connectivity index (χ3n) is 4.38. The highest BCUT2D eigenvalue weighted by molar-refractivity contribution is 6.04. The number of hydrogen-bond acceptors (Lipinski definition) is 3. The Hall–Kier alpha value is -2.66. The van der Waals surface area contributed by atoms with E-state index in [0.29, 0.717) is 22.0 Å². The van der Waals surface area contributed by atoms with Gasteiger partial charge in [-0.05, 0) is 43.7 Å². The summed E-state index contributed by atoms with van der Waals surface area (Å²) in [6, 6.07) is 12.6. The van der Waals surface area contributed by atoms with Gasteiger partial charge in [0.05, 0.1) is 17.2 Å². The quantitative estimate of drug-likeness (QED) is 0.636. The summed E-state index contributed by atoms with van der Waals surface area (Å²) < 4.78 is 0. The van der Waals surface area contributed by atoms with Gasteiger partial charge in [0.15, 0.2) is 5.43 Å². The van der Waals surface area contributed by atoms with Crippen molar-refractivity contribution in [3.05, 3.63) is 52.7 Å². The van der Waals surface area contributed by atoms with E-state index in [1.807, 2.05) is 24.3 Å². The lowest BCUT2D eigenvalue weighted by Gasteiger charge is -2.13. The average Bonchev–Trinajstić information content (AvgIpc) is 3.11. The Kier molecular flexibility index (Phi) is 3.35. The molecule has 1 aliphatic rings. The van der Waals surface area contributed by atoms with Crippen LogP contribution in [0.3, 0.4) is 0 Å². The lowest BCUT2D eigenvalue weighted by molar-refractivity contribution is -0.117. The number of nitrogens with one attached hydrogen (secondary N) is 3. The number of H-pyrrole nitrogens is 1. The van der Waals surface area contributed by atoms with Crippen LogP contribution in [0.4, 0.5) is 5.69 Å². The molecule has 0 unspecified atom stereocenters. The second-order valence-corrected chi connectivity index (χ2v) is 5.87. The zero-order valence-corrected chi connectivity index (χ0v) is 12.6. The van der Waals surface area contributed by atoms with Crippen molar-refractivity contribution in [1.29, 1.82) is 0 Å². The number of rotatable bonds is 2. The minimum atomic E-state index is -0.155. The number of hydrogen-bond donors (Lipinski definition) is 3. The van der Waals surface area contributed by atoms with Crippen LogP contribution in [0.15, 0.2) is 47.3 Å². The summed E-state index contributed by atoms with van der Waals surface area (Å²) in [6.45, 7) is 0.870. The lowest BCUT2D eigenvalue weighted by Crippen LogP contribution is -2.35. The van der Waals surface area contributed by atoms with Gasteiger partial charge in [-0.15, -0.1) is 0 Å². The predicted octanol–water partition coefficient (Wildman–Crippen LogP) is 2.37. The molecule has 0 saturated carbocycles. The maximum atomic E-state index is 12.6. The molecule has 23 heavy (non-hydrogen) atoms. The third-order valence-corrected chi connectivity index (χ3v) is 4.38. The number of aromatic amines is 1. The normalized spacial score (nSPS) is 17.7. The molecule has 3 N–H and O–H groups in total. The molecule has 0 aliphatic carbocycles. The van der Waals surface area contributed by atoms with Gasteiger partial charge in [0.25, 0.3) is 0 Å². The summed E-state index contributed by atoms with van der Waals surface area (Å²) in [5, 5.41) is 7.37. The minimum Gasteiger partial charge on any atom is -0.353 e. The maximum Gasteiger partial charge on any atom is 0.241 e. The molecule has 2 heterocycles. The summed E-state index contributed by atoms with van der Waals surface area (Å²) in [5.41, 5.74) is 2.06. The van der Waals surface area contributed by atoms with E-state index in [2.05, 4.69) is 15.6 Å². The zero-order valence-electron chi connectivity index (χ0n) is 12.6. The molecule has 1 aliphatic heterocycles. The summed E-state index contributed by atoms with van der Waals surface area (Å²) in [5.74, 6) is -0.0518. The van der Waals surface area contributed by atoms with Crippen molar-refractivity contribution in [3.8, 4) is 0 Å². The molecule has 3 aromatic rings. The fourth-order valence-corrected chi connectivity index (χ4v) is 3.18. The average molecular weight is 307 g/mol. The van der Waals surface area contributed by atoms with E-state index >= 15 is 0 Å². The number of amides is 1. The number of aromatic nitrogens is 1. The number of pyridine rings is 1. The van der Waals surface area contributed by atoms with Crippen LogP contribution in [0.25, 0.3) is 21.8 Å². The number of fused-ring (bicyclic) bond motifs is 2. The van der Waals surface area contributed by atoms with E-state index in [1.54, 1.807) is 18.2 Å². The summed E-state index contributed by atoms with van der Waals surface area (Å²) in [4.78, 5) is 28.3. The molecule has 1 aromatic heterocycles. The number of carbonyl (C=O) groups is 1. The van der Waals surface area contributed by atoms with Crippen molar-refractivity contribution in [2.45, 2.75) is 18.9 Å². The molecule has 5 heteroatoms. The van der Waals surface area contributed by atoms with E-state index in [4.69, 9.17) is 0 Å². The van der Waals surface area contributed by atoms with Gasteiger partial charge in [-0.25, -0.2) is 0 Å². The van der Waals surface area contributed by atoms with Crippen LogP contribution in [0.2, 0.25) is 0 Å². The molecule has 0 radical (unpaired) electrons. The second kappa shape index (κ2) is 5.52. The van der Waals surface area contributed by atoms with Crippen molar-refractivity contribution >= 4 is 33.4 Å². The number of anilines is 1. The molecule has 0 spiro atoms. The van der Waals surface area contributed by atoms with Crippen molar-refractivity contribution in [2.24, 2.45) is 0 Å². The molecule has 5 nitrogen and oxygen atoms in total.